The van der Waals surface area contributed by atoms with E-state index in [1.54, 1.807) is 6.33 Å². The minimum absolute atomic E-state index is 0.0429. The van der Waals surface area contributed by atoms with Crippen LogP contribution in [0.1, 0.15) is 18.4 Å². The Balaban J connectivity index is 1.28. The molecule has 2 fully saturated rings. The van der Waals surface area contributed by atoms with Gasteiger partial charge in [-0.15, -0.1) is 0 Å². The van der Waals surface area contributed by atoms with Gasteiger partial charge in [-0.1, -0.05) is 6.07 Å². The predicted octanol–water partition coefficient (Wildman–Crippen LogP) is 1.82. The maximum absolute atomic E-state index is 12.6. The van der Waals surface area contributed by atoms with Crippen LogP contribution in [0.5, 0.6) is 0 Å². The Morgan fingerprint density at radius 2 is 2.19 bits per heavy atom. The van der Waals surface area contributed by atoms with E-state index in [0.717, 1.165) is 69.0 Å². The molecule has 0 bridgehead atoms. The molecule has 2 aliphatic heterocycles. The summed E-state index contributed by atoms with van der Waals surface area (Å²) in [6.07, 6.45) is 3.98. The third-order valence-electron chi connectivity index (χ3n) is 5.35. The van der Waals surface area contributed by atoms with Crippen molar-refractivity contribution in [3.05, 3.63) is 30.1 Å². The van der Waals surface area contributed by atoms with E-state index in [2.05, 4.69) is 20.2 Å². The first kappa shape index (κ1) is 17.3. The number of piperidine rings is 1. The molecule has 7 nitrogen and oxygen atoms in total. The molecule has 2 aromatic rings. The van der Waals surface area contributed by atoms with Gasteiger partial charge in [-0.25, -0.2) is 9.78 Å². The van der Waals surface area contributed by atoms with Gasteiger partial charge in [0.2, 0.25) is 0 Å². The molecule has 4 rings (SSSR count). The average Bonchev–Trinajstić information content (AvgIpc) is 3.15. The van der Waals surface area contributed by atoms with Gasteiger partial charge in [0.05, 0.1) is 30.6 Å². The molecular weight excluding hydrogens is 330 g/mol. The van der Waals surface area contributed by atoms with Gasteiger partial charge in [0, 0.05) is 39.3 Å². The fraction of sp³-hybridized carbons (Fsp3) is 0.579. The molecule has 2 amide bonds. The maximum Gasteiger partial charge on any atom is 0.317 e. The number of H-pyrrole nitrogens is 1. The first-order chi connectivity index (χ1) is 12.8. The van der Waals surface area contributed by atoms with Crippen LogP contribution in [-0.2, 0) is 11.3 Å². The quantitative estimate of drug-likeness (QED) is 0.875. The lowest BCUT2D eigenvalue weighted by molar-refractivity contribution is 0.0249. The first-order valence-electron chi connectivity index (χ1n) is 9.53. The second-order valence-corrected chi connectivity index (χ2v) is 7.28. The summed E-state index contributed by atoms with van der Waals surface area (Å²) in [6.45, 7) is 7.00. The summed E-state index contributed by atoms with van der Waals surface area (Å²) in [5.74, 6) is 0.564. The highest BCUT2D eigenvalue weighted by Gasteiger charge is 2.25. The van der Waals surface area contributed by atoms with Crippen molar-refractivity contribution in [2.75, 3.05) is 45.9 Å². The molecule has 0 radical (unpaired) electrons. The molecule has 3 heterocycles. The van der Waals surface area contributed by atoms with Gasteiger partial charge >= 0.3 is 6.03 Å². The van der Waals surface area contributed by atoms with E-state index < -0.39 is 0 Å². The number of likely N-dealkylation sites (tertiary alicyclic amines) is 1. The van der Waals surface area contributed by atoms with Crippen LogP contribution in [0.2, 0.25) is 0 Å². The predicted molar refractivity (Wildman–Crippen MR) is 99.9 cm³/mol. The van der Waals surface area contributed by atoms with E-state index in [0.29, 0.717) is 12.5 Å². The van der Waals surface area contributed by atoms with Crippen molar-refractivity contribution in [2.45, 2.75) is 19.4 Å². The lowest BCUT2D eigenvalue weighted by Crippen LogP contribution is -2.48. The van der Waals surface area contributed by atoms with Crippen LogP contribution in [-0.4, -0.2) is 71.7 Å². The number of benzene rings is 1. The van der Waals surface area contributed by atoms with E-state index in [1.165, 1.54) is 6.42 Å². The normalized spacial score (nSPS) is 21.8. The number of rotatable bonds is 4. The maximum atomic E-state index is 12.6. The number of imidazole rings is 1. The van der Waals surface area contributed by atoms with Gasteiger partial charge in [0.15, 0.2) is 0 Å². The highest BCUT2D eigenvalue weighted by atomic mass is 16.5. The fourth-order valence-corrected chi connectivity index (χ4v) is 3.93. The minimum atomic E-state index is 0.0429. The molecule has 1 aromatic carbocycles. The monoisotopic (exact) mass is 357 g/mol. The number of fused-ring (bicyclic) bond motifs is 1. The largest absolute Gasteiger partial charge is 0.379 e. The second kappa shape index (κ2) is 8.05. The molecule has 7 heteroatoms. The number of carbonyl (C=O) groups is 1. The van der Waals surface area contributed by atoms with Crippen molar-refractivity contribution in [3.8, 4) is 0 Å². The number of ether oxygens (including phenoxy) is 1. The van der Waals surface area contributed by atoms with Gasteiger partial charge < -0.3 is 19.9 Å². The van der Waals surface area contributed by atoms with Crippen LogP contribution in [0, 0.1) is 5.92 Å². The highest BCUT2D eigenvalue weighted by Crippen LogP contribution is 2.18. The summed E-state index contributed by atoms with van der Waals surface area (Å²) in [5.41, 5.74) is 3.03. The average molecular weight is 357 g/mol. The van der Waals surface area contributed by atoms with Crippen molar-refractivity contribution >= 4 is 17.1 Å². The van der Waals surface area contributed by atoms with E-state index in [4.69, 9.17) is 4.74 Å². The number of urea groups is 1. The number of nitrogens with one attached hydrogen (secondary N) is 2. The van der Waals surface area contributed by atoms with Crippen LogP contribution in [0.3, 0.4) is 0 Å². The van der Waals surface area contributed by atoms with Crippen molar-refractivity contribution in [1.82, 2.24) is 25.1 Å². The van der Waals surface area contributed by atoms with Crippen LogP contribution in [0.25, 0.3) is 11.0 Å². The second-order valence-electron chi connectivity index (χ2n) is 7.28. The topological polar surface area (TPSA) is 73.5 Å². The Morgan fingerprint density at radius 3 is 3.08 bits per heavy atom. The van der Waals surface area contributed by atoms with Crippen molar-refractivity contribution < 1.29 is 9.53 Å². The number of hydrogen-bond acceptors (Lipinski definition) is 4. The molecule has 1 atom stereocenters. The Morgan fingerprint density at radius 1 is 1.31 bits per heavy atom. The van der Waals surface area contributed by atoms with E-state index >= 15 is 0 Å². The number of aromatic amines is 1. The highest BCUT2D eigenvalue weighted by molar-refractivity contribution is 5.76. The van der Waals surface area contributed by atoms with E-state index in [-0.39, 0.29) is 6.03 Å². The molecule has 26 heavy (non-hydrogen) atoms. The number of hydrogen-bond donors (Lipinski definition) is 2. The fourth-order valence-electron chi connectivity index (χ4n) is 3.93. The summed E-state index contributed by atoms with van der Waals surface area (Å²) in [5, 5.41) is 3.07. The summed E-state index contributed by atoms with van der Waals surface area (Å²) < 4.78 is 5.42. The van der Waals surface area contributed by atoms with E-state index in [1.807, 2.05) is 23.1 Å². The van der Waals surface area contributed by atoms with Gasteiger partial charge in [0.25, 0.3) is 0 Å². The molecule has 0 spiro atoms. The van der Waals surface area contributed by atoms with Gasteiger partial charge in [-0.05, 0) is 36.5 Å². The van der Waals surface area contributed by atoms with Gasteiger partial charge in [-0.2, -0.15) is 0 Å². The van der Waals surface area contributed by atoms with Crippen LogP contribution in [0.4, 0.5) is 4.79 Å². The van der Waals surface area contributed by atoms with Gasteiger partial charge in [-0.3, -0.25) is 4.90 Å². The zero-order chi connectivity index (χ0) is 17.8. The summed E-state index contributed by atoms with van der Waals surface area (Å²) in [4.78, 5) is 24.4. The first-order valence-corrected chi connectivity index (χ1v) is 9.53. The Hall–Kier alpha value is -2.12. The summed E-state index contributed by atoms with van der Waals surface area (Å²) in [6, 6.07) is 6.08. The summed E-state index contributed by atoms with van der Waals surface area (Å²) >= 11 is 0. The van der Waals surface area contributed by atoms with Crippen LogP contribution >= 0.6 is 0 Å². The number of aromatic nitrogens is 2. The minimum Gasteiger partial charge on any atom is -0.379 e. The van der Waals surface area contributed by atoms with Crippen LogP contribution < -0.4 is 5.32 Å². The third-order valence-corrected chi connectivity index (χ3v) is 5.35. The molecule has 0 aliphatic carbocycles. The Kier molecular flexibility index (Phi) is 5.36. The Labute approximate surface area is 153 Å². The number of carbonyl (C=O) groups excluding carboxylic acids is 1. The molecular formula is C19H27N5O2. The lowest BCUT2D eigenvalue weighted by atomic mass is 9.97. The van der Waals surface area contributed by atoms with Crippen molar-refractivity contribution in [2.24, 2.45) is 5.92 Å². The number of amides is 2. The molecule has 0 unspecified atom stereocenters. The zero-order valence-electron chi connectivity index (χ0n) is 15.1. The van der Waals surface area contributed by atoms with Gasteiger partial charge in [0.1, 0.15) is 0 Å². The molecule has 140 valence electrons. The SMILES string of the molecule is O=C(NCc1ccc2nc[nH]c2c1)N1CCC[C@@H](CN2CCOCC2)C1. The number of nitrogens with zero attached hydrogens (tertiary/aromatic N) is 3. The molecule has 0 saturated carbocycles. The van der Waals surface area contributed by atoms with Crippen LogP contribution in [0.15, 0.2) is 24.5 Å². The number of morpholine rings is 1. The molecule has 1 aromatic heterocycles. The standard InChI is InChI=1S/C19H27N5O2/c25-19(20-11-15-3-4-17-18(10-15)22-14-21-17)24-5-1-2-16(13-24)12-23-6-8-26-9-7-23/h3-4,10,14,16H,1-2,5-9,11-13H2,(H,20,25)(H,21,22)/t16-/m0/s1. The molecule has 2 N–H and O–H groups in total. The lowest BCUT2D eigenvalue weighted by Gasteiger charge is -2.36. The molecule has 2 aliphatic rings. The third kappa shape index (κ3) is 4.16. The summed E-state index contributed by atoms with van der Waals surface area (Å²) in [7, 11) is 0. The Bertz CT molecular complexity index is 740. The van der Waals surface area contributed by atoms with E-state index in [9.17, 15) is 4.79 Å². The van der Waals surface area contributed by atoms with Crippen molar-refractivity contribution in [3.63, 3.8) is 0 Å². The zero-order valence-corrected chi connectivity index (χ0v) is 15.1. The smallest absolute Gasteiger partial charge is 0.317 e. The molecule has 2 saturated heterocycles. The van der Waals surface area contributed by atoms with Crippen molar-refractivity contribution in [1.29, 1.82) is 0 Å².